The Morgan fingerprint density at radius 1 is 1.17 bits per heavy atom. The van der Waals surface area contributed by atoms with Gasteiger partial charge in [-0.15, -0.1) is 0 Å². The molecule has 0 spiro atoms. The third-order valence-corrected chi connectivity index (χ3v) is 6.59. The number of fused-ring (bicyclic) bond motifs is 1. The molecule has 0 bridgehead atoms. The van der Waals surface area contributed by atoms with Crippen molar-refractivity contribution in [2.45, 2.75) is 19.4 Å². The molecule has 0 N–H and O–H groups in total. The molecule has 0 radical (unpaired) electrons. The fraction of sp³-hybridized carbons (Fsp3) is 0.222. The molecule has 0 amide bonds. The highest BCUT2D eigenvalue weighted by atomic mass is 32.1. The molecule has 0 fully saturated rings. The number of aromatic nitrogens is 1. The number of hydrogen-bond donors (Lipinski definition) is 0. The Labute approximate surface area is 206 Å². The van der Waals surface area contributed by atoms with E-state index >= 15 is 0 Å². The van der Waals surface area contributed by atoms with E-state index < -0.39 is 12.0 Å². The predicted octanol–water partition coefficient (Wildman–Crippen LogP) is 3.37. The van der Waals surface area contributed by atoms with E-state index in [0.717, 1.165) is 11.1 Å². The van der Waals surface area contributed by atoms with Crippen molar-refractivity contribution in [1.29, 1.82) is 0 Å². The molecule has 1 aliphatic rings. The van der Waals surface area contributed by atoms with Crippen molar-refractivity contribution in [3.63, 3.8) is 0 Å². The molecule has 2 heterocycles. The Kier molecular flexibility index (Phi) is 7.31. The quantitative estimate of drug-likeness (QED) is 0.357. The monoisotopic (exact) mass is 490 g/mol. The van der Waals surface area contributed by atoms with Gasteiger partial charge in [-0.05, 0) is 35.8 Å². The minimum atomic E-state index is -0.624. The van der Waals surface area contributed by atoms with Gasteiger partial charge in [0, 0.05) is 0 Å². The van der Waals surface area contributed by atoms with Crippen LogP contribution in [0.2, 0.25) is 0 Å². The topological polar surface area (TPSA) is 79.1 Å². The van der Waals surface area contributed by atoms with Crippen LogP contribution in [0.25, 0.3) is 6.08 Å². The molecule has 0 saturated carbocycles. The van der Waals surface area contributed by atoms with Crippen LogP contribution in [-0.2, 0) is 9.53 Å². The Morgan fingerprint density at radius 3 is 2.60 bits per heavy atom. The summed E-state index contributed by atoms with van der Waals surface area (Å²) in [5.41, 5.74) is 2.35. The standard InChI is InChI=1S/C27H26N2O5S/c1-5-14-34-20-13-12-17(15-21(20)32-3)16-22-25(30)29-24(18-10-8-7-9-11-18)23(26(31)33-4)19(6-2)28-27(29)35-22/h5,7-13,15-16,24H,1,6,14H2,2-4H3/b22-16-/t24-/m1/s1. The maximum absolute atomic E-state index is 13.7. The van der Waals surface area contributed by atoms with Crippen molar-refractivity contribution < 1.29 is 19.0 Å². The van der Waals surface area contributed by atoms with E-state index in [1.807, 2.05) is 49.4 Å². The van der Waals surface area contributed by atoms with Crippen LogP contribution in [0.4, 0.5) is 0 Å². The number of carbonyl (C=O) groups excluding carboxylic acids is 1. The molecule has 1 atom stereocenters. The van der Waals surface area contributed by atoms with Crippen LogP contribution >= 0.6 is 11.3 Å². The molecule has 1 aliphatic heterocycles. The highest BCUT2D eigenvalue weighted by Gasteiger charge is 2.33. The molecule has 35 heavy (non-hydrogen) atoms. The van der Waals surface area contributed by atoms with Crippen LogP contribution in [-0.4, -0.2) is 31.4 Å². The van der Waals surface area contributed by atoms with E-state index in [9.17, 15) is 9.59 Å². The molecule has 1 aromatic heterocycles. The summed E-state index contributed by atoms with van der Waals surface area (Å²) in [6.07, 6.45) is 3.98. The molecule has 0 saturated heterocycles. The summed E-state index contributed by atoms with van der Waals surface area (Å²) in [6.45, 7) is 5.95. The Balaban J connectivity index is 1.90. The highest BCUT2D eigenvalue weighted by Crippen LogP contribution is 2.32. The van der Waals surface area contributed by atoms with Gasteiger partial charge in [0.1, 0.15) is 6.61 Å². The summed E-state index contributed by atoms with van der Waals surface area (Å²) in [4.78, 5) is 31.7. The van der Waals surface area contributed by atoms with E-state index in [4.69, 9.17) is 14.2 Å². The molecule has 7 nitrogen and oxygen atoms in total. The number of methoxy groups -OCH3 is 2. The first-order valence-corrected chi connectivity index (χ1v) is 11.9. The SMILES string of the molecule is C=CCOc1ccc(/C=c2\sc3n(c2=O)[C@H](c2ccccc2)C(C(=O)OC)=C(CC)N=3)cc1OC. The van der Waals surface area contributed by atoms with Crippen LogP contribution < -0.4 is 24.4 Å². The molecule has 0 aliphatic carbocycles. The van der Waals surface area contributed by atoms with Crippen molar-refractivity contribution >= 4 is 23.4 Å². The number of allylic oxidation sites excluding steroid dienone is 1. The number of esters is 1. The number of nitrogens with zero attached hydrogens (tertiary/aromatic N) is 2. The smallest absolute Gasteiger partial charge is 0.338 e. The van der Waals surface area contributed by atoms with Gasteiger partial charge in [-0.3, -0.25) is 9.36 Å². The summed E-state index contributed by atoms with van der Waals surface area (Å²) < 4.78 is 18.2. The Bertz CT molecular complexity index is 1470. The van der Waals surface area contributed by atoms with Gasteiger partial charge in [0.2, 0.25) is 0 Å². The first-order valence-electron chi connectivity index (χ1n) is 11.1. The van der Waals surface area contributed by atoms with Crippen LogP contribution in [0, 0.1) is 0 Å². The average Bonchev–Trinajstić information content (AvgIpc) is 3.20. The Hall–Kier alpha value is -3.91. The number of benzene rings is 2. The third kappa shape index (κ3) is 4.70. The second-order valence-corrected chi connectivity index (χ2v) is 8.72. The minimum Gasteiger partial charge on any atom is -0.493 e. The van der Waals surface area contributed by atoms with Gasteiger partial charge < -0.3 is 14.2 Å². The van der Waals surface area contributed by atoms with Crippen LogP contribution in [0.15, 0.2) is 82.2 Å². The van der Waals surface area contributed by atoms with Crippen molar-refractivity contribution in [2.24, 2.45) is 4.99 Å². The van der Waals surface area contributed by atoms with E-state index in [1.54, 1.807) is 29.9 Å². The molecule has 180 valence electrons. The summed E-state index contributed by atoms with van der Waals surface area (Å²) in [5, 5.41) is 0. The maximum Gasteiger partial charge on any atom is 0.338 e. The van der Waals surface area contributed by atoms with Crippen molar-refractivity contribution in [3.8, 4) is 11.5 Å². The van der Waals surface area contributed by atoms with Crippen LogP contribution in [0.1, 0.15) is 30.5 Å². The lowest BCUT2D eigenvalue weighted by atomic mass is 9.95. The van der Waals surface area contributed by atoms with E-state index in [-0.39, 0.29) is 5.56 Å². The molecular formula is C27H26N2O5S. The first-order chi connectivity index (χ1) is 17.0. The zero-order chi connectivity index (χ0) is 24.9. The zero-order valence-electron chi connectivity index (χ0n) is 19.8. The van der Waals surface area contributed by atoms with Crippen LogP contribution in [0.5, 0.6) is 11.5 Å². The number of thiazole rings is 1. The summed E-state index contributed by atoms with van der Waals surface area (Å²) in [5.74, 6) is 0.649. The fourth-order valence-electron chi connectivity index (χ4n) is 4.01. The van der Waals surface area contributed by atoms with E-state index in [2.05, 4.69) is 11.6 Å². The minimum absolute atomic E-state index is 0.231. The van der Waals surface area contributed by atoms with E-state index in [0.29, 0.717) is 45.1 Å². The lowest BCUT2D eigenvalue weighted by Gasteiger charge is -2.25. The second kappa shape index (κ2) is 10.6. The zero-order valence-corrected chi connectivity index (χ0v) is 20.6. The molecule has 4 rings (SSSR count). The number of hydrogen-bond acceptors (Lipinski definition) is 7. The predicted molar refractivity (Wildman–Crippen MR) is 136 cm³/mol. The maximum atomic E-state index is 13.7. The first kappa shape index (κ1) is 24.2. The largest absolute Gasteiger partial charge is 0.493 e. The molecule has 8 heteroatoms. The van der Waals surface area contributed by atoms with Gasteiger partial charge in [0.25, 0.3) is 5.56 Å². The fourth-order valence-corrected chi connectivity index (χ4v) is 5.03. The average molecular weight is 491 g/mol. The van der Waals surface area contributed by atoms with E-state index in [1.165, 1.54) is 18.4 Å². The van der Waals surface area contributed by atoms with Gasteiger partial charge in [-0.2, -0.15) is 0 Å². The molecular weight excluding hydrogens is 464 g/mol. The lowest BCUT2D eigenvalue weighted by molar-refractivity contribution is -0.136. The summed E-state index contributed by atoms with van der Waals surface area (Å²) >= 11 is 1.28. The normalized spacial score (nSPS) is 15.3. The van der Waals surface area contributed by atoms with Gasteiger partial charge >= 0.3 is 5.97 Å². The lowest BCUT2D eigenvalue weighted by Crippen LogP contribution is -2.40. The van der Waals surface area contributed by atoms with Crippen molar-refractivity contribution in [3.05, 3.63) is 103 Å². The third-order valence-electron chi connectivity index (χ3n) is 5.61. The van der Waals surface area contributed by atoms with Gasteiger partial charge in [0.15, 0.2) is 16.3 Å². The van der Waals surface area contributed by atoms with Crippen molar-refractivity contribution in [2.75, 3.05) is 20.8 Å². The number of rotatable bonds is 8. The number of carbonyl (C=O) groups is 1. The second-order valence-electron chi connectivity index (χ2n) is 7.71. The van der Waals surface area contributed by atoms with Gasteiger partial charge in [-0.25, -0.2) is 9.79 Å². The summed E-state index contributed by atoms with van der Waals surface area (Å²) in [6, 6.07) is 14.3. The molecule has 3 aromatic rings. The van der Waals surface area contributed by atoms with Crippen molar-refractivity contribution in [1.82, 2.24) is 4.57 Å². The summed E-state index contributed by atoms with van der Waals surface area (Å²) in [7, 11) is 2.90. The van der Waals surface area contributed by atoms with Gasteiger partial charge in [0.05, 0.1) is 36.1 Å². The molecule has 2 aromatic carbocycles. The molecule has 0 unspecified atom stereocenters. The van der Waals surface area contributed by atoms with Crippen LogP contribution in [0.3, 0.4) is 0 Å². The number of ether oxygens (including phenoxy) is 3. The van der Waals surface area contributed by atoms with Gasteiger partial charge in [-0.1, -0.05) is 67.3 Å². The highest BCUT2D eigenvalue weighted by molar-refractivity contribution is 7.07. The Morgan fingerprint density at radius 2 is 1.94 bits per heavy atom.